The van der Waals surface area contributed by atoms with Gasteiger partial charge in [-0.2, -0.15) is 0 Å². The number of nitrogens with zero attached hydrogens (tertiary/aromatic N) is 2. The van der Waals surface area contributed by atoms with Gasteiger partial charge in [0.05, 0.1) is 5.92 Å². The molecular formula is C12H10N2O3. The number of rotatable bonds is 1. The molecule has 0 saturated carbocycles. The number of hydrogen-bond donors (Lipinski definition) is 1. The molecule has 0 saturated heterocycles. The molecule has 0 fully saturated rings. The topological polar surface area (TPSA) is 70.0 Å². The molecule has 5 nitrogen and oxygen atoms in total. The number of nitroso groups, excluding NO2 is 1. The van der Waals surface area contributed by atoms with Crippen molar-refractivity contribution in [1.82, 2.24) is 0 Å². The Morgan fingerprint density at radius 3 is 2.76 bits per heavy atom. The van der Waals surface area contributed by atoms with Gasteiger partial charge < -0.3 is 10.0 Å². The lowest BCUT2D eigenvalue weighted by atomic mass is 9.97. The van der Waals surface area contributed by atoms with Crippen LogP contribution in [0.25, 0.3) is 0 Å². The summed E-state index contributed by atoms with van der Waals surface area (Å²) in [4.78, 5) is 24.3. The molecule has 2 aliphatic rings. The van der Waals surface area contributed by atoms with Gasteiger partial charge in [-0.05, 0) is 16.8 Å². The zero-order valence-electron chi connectivity index (χ0n) is 9.12. The maximum atomic E-state index is 12.0. The van der Waals surface area contributed by atoms with Crippen LogP contribution in [0, 0.1) is 4.91 Å². The maximum Gasteiger partial charge on any atom is 0.211 e. The summed E-state index contributed by atoms with van der Waals surface area (Å²) < 4.78 is 0. The number of ketones is 1. The van der Waals surface area contributed by atoms with Crippen molar-refractivity contribution in [3.05, 3.63) is 46.2 Å². The van der Waals surface area contributed by atoms with Gasteiger partial charge in [0.2, 0.25) is 5.78 Å². The van der Waals surface area contributed by atoms with Crippen LogP contribution in [0.3, 0.4) is 0 Å². The first-order chi connectivity index (χ1) is 8.16. The Balaban J connectivity index is 2.22. The lowest BCUT2D eigenvalue weighted by Gasteiger charge is -2.19. The molecule has 1 N–H and O–H groups in total. The Kier molecular flexibility index (Phi) is 1.86. The summed E-state index contributed by atoms with van der Waals surface area (Å²) >= 11 is 0. The molecule has 86 valence electrons. The molecule has 0 bridgehead atoms. The highest BCUT2D eigenvalue weighted by atomic mass is 16.3. The first-order valence-electron chi connectivity index (χ1n) is 5.29. The minimum absolute atomic E-state index is 0.202. The summed E-state index contributed by atoms with van der Waals surface area (Å²) in [5.74, 6) is -1.05. The maximum absolute atomic E-state index is 12.0. The van der Waals surface area contributed by atoms with Crippen LogP contribution in [0.5, 0.6) is 0 Å². The Labute approximate surface area is 97.3 Å². The molecule has 5 heteroatoms. The van der Waals surface area contributed by atoms with E-state index in [0.717, 1.165) is 11.3 Å². The van der Waals surface area contributed by atoms with Gasteiger partial charge in [0, 0.05) is 12.7 Å². The van der Waals surface area contributed by atoms with Gasteiger partial charge in [-0.3, -0.25) is 4.79 Å². The number of aliphatic hydroxyl groups excluding tert-OH is 1. The second-order valence-corrected chi connectivity index (χ2v) is 4.28. The van der Waals surface area contributed by atoms with Crippen LogP contribution in [0.4, 0.5) is 5.69 Å². The van der Waals surface area contributed by atoms with Crippen molar-refractivity contribution in [2.45, 2.75) is 12.0 Å². The number of fused-ring (bicyclic) bond motifs is 3. The molecule has 2 atom stereocenters. The van der Waals surface area contributed by atoms with Crippen molar-refractivity contribution in [2.75, 3.05) is 11.9 Å². The molecule has 0 amide bonds. The van der Waals surface area contributed by atoms with Gasteiger partial charge in [0.25, 0.3) is 0 Å². The highest BCUT2D eigenvalue weighted by Crippen LogP contribution is 2.48. The quantitative estimate of drug-likeness (QED) is 0.745. The summed E-state index contributed by atoms with van der Waals surface area (Å²) in [7, 11) is 1.78. The monoisotopic (exact) mass is 230 g/mol. The van der Waals surface area contributed by atoms with Crippen molar-refractivity contribution in [3.63, 3.8) is 0 Å². The molecule has 0 aromatic heterocycles. The number of anilines is 1. The molecule has 1 aromatic rings. The fourth-order valence-corrected chi connectivity index (χ4v) is 2.74. The van der Waals surface area contributed by atoms with Crippen LogP contribution < -0.4 is 4.90 Å². The van der Waals surface area contributed by atoms with Gasteiger partial charge in [0.1, 0.15) is 11.8 Å². The van der Waals surface area contributed by atoms with Crippen molar-refractivity contribution < 1.29 is 9.90 Å². The highest BCUT2D eigenvalue weighted by Gasteiger charge is 2.51. The van der Waals surface area contributed by atoms with Crippen LogP contribution in [0.1, 0.15) is 11.5 Å². The Morgan fingerprint density at radius 2 is 2.06 bits per heavy atom. The molecule has 17 heavy (non-hydrogen) atoms. The molecule has 1 aromatic carbocycles. The minimum Gasteiger partial charge on any atom is -0.509 e. The van der Waals surface area contributed by atoms with Gasteiger partial charge in [-0.15, -0.1) is 4.91 Å². The number of carbonyl (C=O) groups is 1. The summed E-state index contributed by atoms with van der Waals surface area (Å²) in [5, 5.41) is 12.6. The molecule has 0 radical (unpaired) electrons. The largest absolute Gasteiger partial charge is 0.509 e. The van der Waals surface area contributed by atoms with Crippen LogP contribution in [0.2, 0.25) is 0 Å². The molecule has 0 spiro atoms. The van der Waals surface area contributed by atoms with E-state index in [1.54, 1.807) is 11.9 Å². The minimum atomic E-state index is -0.528. The summed E-state index contributed by atoms with van der Waals surface area (Å²) in [6.07, 6.45) is 0. The molecule has 1 aliphatic heterocycles. The van der Waals surface area contributed by atoms with E-state index < -0.39 is 17.7 Å². The smallest absolute Gasteiger partial charge is 0.211 e. The van der Waals surface area contributed by atoms with E-state index in [1.165, 1.54) is 0 Å². The normalized spacial score (nSPS) is 26.2. The van der Waals surface area contributed by atoms with E-state index in [1.807, 2.05) is 24.3 Å². The van der Waals surface area contributed by atoms with Crippen molar-refractivity contribution in [2.24, 2.45) is 5.18 Å². The Hall–Kier alpha value is -2.17. The van der Waals surface area contributed by atoms with Crippen molar-refractivity contribution in [3.8, 4) is 0 Å². The summed E-state index contributed by atoms with van der Waals surface area (Å²) in [6.45, 7) is 0. The van der Waals surface area contributed by atoms with Crippen molar-refractivity contribution >= 4 is 11.5 Å². The molecule has 3 rings (SSSR count). The number of hydrogen-bond acceptors (Lipinski definition) is 5. The van der Waals surface area contributed by atoms with E-state index in [-0.39, 0.29) is 11.5 Å². The molecule has 1 aliphatic carbocycles. The SMILES string of the molecule is CN1c2ccccc2C2C(O)=C(N=O)C(=O)C21. The van der Waals surface area contributed by atoms with E-state index in [0.29, 0.717) is 0 Å². The second-order valence-electron chi connectivity index (χ2n) is 4.28. The van der Waals surface area contributed by atoms with E-state index in [2.05, 4.69) is 5.18 Å². The Morgan fingerprint density at radius 1 is 1.35 bits per heavy atom. The first kappa shape index (κ1) is 10.0. The summed E-state index contributed by atoms with van der Waals surface area (Å²) in [5.41, 5.74) is 1.44. The number of para-hydroxylation sites is 1. The number of likely N-dealkylation sites (N-methyl/N-ethyl adjacent to an activating group) is 1. The predicted octanol–water partition coefficient (Wildman–Crippen LogP) is 1.71. The standard InChI is InChI=1S/C12H10N2O3/c1-14-7-5-3-2-4-6(7)8-10(14)12(16)9(13-17)11(8)15/h2-5,8,10,15H,1H3. The number of benzene rings is 1. The van der Waals surface area contributed by atoms with Crippen LogP contribution >= 0.6 is 0 Å². The van der Waals surface area contributed by atoms with E-state index in [9.17, 15) is 14.8 Å². The van der Waals surface area contributed by atoms with Crippen LogP contribution in [-0.2, 0) is 4.79 Å². The number of carbonyl (C=O) groups excluding carboxylic acids is 1. The Bertz CT molecular complexity index is 565. The van der Waals surface area contributed by atoms with Gasteiger partial charge in [0.15, 0.2) is 5.70 Å². The number of Topliss-reactive ketones (excluding diaryl/α,β-unsaturated/α-hetero) is 1. The lowest BCUT2D eigenvalue weighted by molar-refractivity contribution is -0.116. The second kappa shape index (κ2) is 3.16. The average molecular weight is 230 g/mol. The van der Waals surface area contributed by atoms with Crippen LogP contribution in [-0.4, -0.2) is 24.0 Å². The van der Waals surface area contributed by atoms with E-state index >= 15 is 0 Å². The average Bonchev–Trinajstić information content (AvgIpc) is 2.76. The van der Waals surface area contributed by atoms with Crippen LogP contribution in [0.15, 0.2) is 40.9 Å². The van der Waals surface area contributed by atoms with E-state index in [4.69, 9.17) is 0 Å². The van der Waals surface area contributed by atoms with Gasteiger partial charge in [-0.25, -0.2) is 0 Å². The highest BCUT2D eigenvalue weighted by molar-refractivity contribution is 6.07. The molecule has 2 unspecified atom stereocenters. The summed E-state index contributed by atoms with van der Waals surface area (Å²) in [6, 6.07) is 6.94. The first-order valence-corrected chi connectivity index (χ1v) is 5.29. The fraction of sp³-hybridized carbons (Fsp3) is 0.250. The zero-order valence-corrected chi connectivity index (χ0v) is 9.12. The van der Waals surface area contributed by atoms with Gasteiger partial charge >= 0.3 is 0 Å². The fourth-order valence-electron chi connectivity index (χ4n) is 2.74. The molecule has 1 heterocycles. The van der Waals surface area contributed by atoms with Gasteiger partial charge in [-0.1, -0.05) is 18.2 Å². The number of aliphatic hydroxyl groups is 1. The third-order valence-corrected chi connectivity index (χ3v) is 3.52. The van der Waals surface area contributed by atoms with Crippen molar-refractivity contribution in [1.29, 1.82) is 0 Å². The third-order valence-electron chi connectivity index (χ3n) is 3.52. The molecular weight excluding hydrogens is 220 g/mol. The predicted molar refractivity (Wildman–Crippen MR) is 61.8 cm³/mol. The zero-order chi connectivity index (χ0) is 12.2. The third kappa shape index (κ3) is 1.06. The lowest BCUT2D eigenvalue weighted by Crippen LogP contribution is -2.35.